The molecule has 0 saturated heterocycles. The molecule has 0 spiro atoms. The Kier molecular flexibility index (Phi) is 7.65. The number of aromatic nitrogens is 2. The summed E-state index contributed by atoms with van der Waals surface area (Å²) in [6, 6.07) is 11.6. The first-order valence-electron chi connectivity index (χ1n) is 12.7. The number of benzene rings is 2. The summed E-state index contributed by atoms with van der Waals surface area (Å²) in [5, 5.41) is 20.0. The summed E-state index contributed by atoms with van der Waals surface area (Å²) in [6.45, 7) is 20.1. The molecular weight excluding hydrogens is 436 g/mol. The van der Waals surface area contributed by atoms with E-state index < -0.39 is 0 Å². The first-order chi connectivity index (χ1) is 16.3. The minimum atomic E-state index is -0.311. The van der Waals surface area contributed by atoms with E-state index >= 15 is 0 Å². The summed E-state index contributed by atoms with van der Waals surface area (Å²) >= 11 is 0. The summed E-state index contributed by atoms with van der Waals surface area (Å²) in [5.74, 6) is 0.203. The predicted octanol–water partition coefficient (Wildman–Crippen LogP) is 5.45. The van der Waals surface area contributed by atoms with E-state index in [9.17, 15) is 9.90 Å². The van der Waals surface area contributed by atoms with Crippen LogP contribution in [-0.2, 0) is 23.9 Å². The molecule has 0 aliphatic rings. The van der Waals surface area contributed by atoms with Gasteiger partial charge in [0.15, 0.2) is 5.78 Å². The molecule has 2 aromatic carbocycles. The van der Waals surface area contributed by atoms with Crippen LogP contribution in [0.1, 0.15) is 76.9 Å². The van der Waals surface area contributed by atoms with Gasteiger partial charge in [-0.3, -0.25) is 10.2 Å². The Morgan fingerprint density at radius 3 is 1.86 bits per heavy atom. The standard InChI is InChI=1S/C29H42N4O2/c1-9-31(10-2)15-16-32-23-13-11-12-14-24(23)33(27(32)30)19-25(34)20-17-21(28(3,4)5)26(35)22(18-20)29(6,7)8/h11-14,17-18,30,35H,9-10,15-16,19H2,1-8H3. The highest BCUT2D eigenvalue weighted by Gasteiger charge is 2.28. The molecular formula is C29H42N4O2. The number of hydrogen-bond acceptors (Lipinski definition) is 4. The molecule has 6 nitrogen and oxygen atoms in total. The molecule has 3 aromatic rings. The lowest BCUT2D eigenvalue weighted by molar-refractivity contribution is 0.0971. The van der Waals surface area contributed by atoms with Crippen molar-refractivity contribution in [1.29, 1.82) is 5.41 Å². The van der Waals surface area contributed by atoms with Gasteiger partial charge in [-0.25, -0.2) is 0 Å². The minimum absolute atomic E-state index is 0.0638. The van der Waals surface area contributed by atoms with Crippen molar-refractivity contribution in [3.8, 4) is 5.75 Å². The average molecular weight is 479 g/mol. The number of nitrogens with zero attached hydrogens (tertiary/aromatic N) is 3. The Hall–Kier alpha value is -2.86. The van der Waals surface area contributed by atoms with E-state index in [1.54, 1.807) is 4.57 Å². The number of para-hydroxylation sites is 2. The van der Waals surface area contributed by atoms with E-state index in [0.29, 0.717) is 17.7 Å². The van der Waals surface area contributed by atoms with Crippen LogP contribution < -0.4 is 5.62 Å². The second-order valence-corrected chi connectivity index (χ2v) is 11.4. The summed E-state index contributed by atoms with van der Waals surface area (Å²) in [7, 11) is 0. The molecule has 0 radical (unpaired) electrons. The largest absolute Gasteiger partial charge is 0.507 e. The maximum absolute atomic E-state index is 13.6. The highest BCUT2D eigenvalue weighted by Crippen LogP contribution is 2.40. The zero-order chi connectivity index (χ0) is 26.1. The molecule has 6 heteroatoms. The van der Waals surface area contributed by atoms with E-state index in [-0.39, 0.29) is 28.9 Å². The Labute approximate surface area is 209 Å². The maximum atomic E-state index is 13.6. The van der Waals surface area contributed by atoms with Crippen molar-refractivity contribution in [3.63, 3.8) is 0 Å². The molecule has 0 aliphatic carbocycles. The first-order valence-corrected chi connectivity index (χ1v) is 12.7. The molecule has 190 valence electrons. The van der Waals surface area contributed by atoms with Crippen LogP contribution in [0, 0.1) is 5.41 Å². The molecule has 1 aromatic heterocycles. The molecule has 0 fully saturated rings. The van der Waals surface area contributed by atoms with Crippen LogP contribution >= 0.6 is 0 Å². The number of hydrogen-bond donors (Lipinski definition) is 2. The number of ketones is 1. The fourth-order valence-electron chi connectivity index (χ4n) is 4.64. The maximum Gasteiger partial charge on any atom is 0.203 e. The number of likely N-dealkylation sites (N-methyl/N-ethyl adjacent to an activating group) is 1. The molecule has 1 heterocycles. The van der Waals surface area contributed by atoms with Gasteiger partial charge in [-0.15, -0.1) is 0 Å². The number of fused-ring (bicyclic) bond motifs is 1. The number of phenolic OH excluding ortho intramolecular Hbond substituents is 1. The minimum Gasteiger partial charge on any atom is -0.507 e. The van der Waals surface area contributed by atoms with Gasteiger partial charge in [0.2, 0.25) is 5.62 Å². The molecule has 0 aliphatic heterocycles. The van der Waals surface area contributed by atoms with Gasteiger partial charge in [-0.2, -0.15) is 0 Å². The molecule has 0 amide bonds. The van der Waals surface area contributed by atoms with Gasteiger partial charge in [0.05, 0.1) is 17.6 Å². The van der Waals surface area contributed by atoms with Crippen LogP contribution in [0.15, 0.2) is 36.4 Å². The van der Waals surface area contributed by atoms with Gasteiger partial charge in [-0.05, 0) is 48.2 Å². The van der Waals surface area contributed by atoms with Crippen molar-refractivity contribution in [2.24, 2.45) is 0 Å². The van der Waals surface area contributed by atoms with Crippen LogP contribution in [-0.4, -0.2) is 44.6 Å². The van der Waals surface area contributed by atoms with Gasteiger partial charge >= 0.3 is 0 Å². The van der Waals surface area contributed by atoms with Gasteiger partial charge in [0, 0.05) is 29.8 Å². The number of nitrogens with one attached hydrogen (secondary N) is 1. The highest BCUT2D eigenvalue weighted by molar-refractivity contribution is 5.97. The predicted molar refractivity (Wildman–Crippen MR) is 143 cm³/mol. The van der Waals surface area contributed by atoms with Crippen LogP contribution in [0.4, 0.5) is 0 Å². The molecule has 35 heavy (non-hydrogen) atoms. The number of Topliss-reactive ketones (excluding diaryl/α,β-unsaturated/α-hetero) is 1. The van der Waals surface area contributed by atoms with E-state index in [1.165, 1.54) is 0 Å². The van der Waals surface area contributed by atoms with Crippen molar-refractivity contribution in [2.45, 2.75) is 79.3 Å². The average Bonchev–Trinajstić information content (AvgIpc) is 3.04. The number of carbonyl (C=O) groups is 1. The second kappa shape index (κ2) is 10.0. The fraction of sp³-hybridized carbons (Fsp3) is 0.517. The van der Waals surface area contributed by atoms with E-state index in [2.05, 4.69) is 18.7 Å². The van der Waals surface area contributed by atoms with Gasteiger partial charge < -0.3 is 19.1 Å². The Bertz CT molecular complexity index is 1230. The zero-order valence-corrected chi connectivity index (χ0v) is 22.7. The second-order valence-electron chi connectivity index (χ2n) is 11.4. The van der Waals surface area contributed by atoms with Crippen LogP contribution in [0.3, 0.4) is 0 Å². The number of rotatable bonds is 8. The normalized spacial score (nSPS) is 12.6. The first kappa shape index (κ1) is 26.7. The smallest absolute Gasteiger partial charge is 0.203 e. The van der Waals surface area contributed by atoms with Crippen molar-refractivity contribution < 1.29 is 9.90 Å². The van der Waals surface area contributed by atoms with Crippen molar-refractivity contribution in [3.05, 3.63) is 58.7 Å². The summed E-state index contributed by atoms with van der Waals surface area (Å²) in [4.78, 5) is 16.0. The third-order valence-electron chi connectivity index (χ3n) is 6.86. The monoisotopic (exact) mass is 478 g/mol. The van der Waals surface area contributed by atoms with Gasteiger partial charge in [-0.1, -0.05) is 67.5 Å². The quantitative estimate of drug-likeness (QED) is 0.423. The highest BCUT2D eigenvalue weighted by atomic mass is 16.3. The summed E-state index contributed by atoms with van der Waals surface area (Å²) < 4.78 is 3.80. The Morgan fingerprint density at radius 1 is 0.914 bits per heavy atom. The van der Waals surface area contributed by atoms with Crippen LogP contribution in [0.5, 0.6) is 5.75 Å². The molecule has 3 rings (SSSR count). The van der Waals surface area contributed by atoms with Crippen molar-refractivity contribution in [1.82, 2.24) is 14.0 Å². The zero-order valence-electron chi connectivity index (χ0n) is 22.7. The fourth-order valence-corrected chi connectivity index (χ4v) is 4.64. The van der Waals surface area contributed by atoms with Crippen LogP contribution in [0.25, 0.3) is 11.0 Å². The van der Waals surface area contributed by atoms with Gasteiger partial charge in [0.25, 0.3) is 0 Å². The Morgan fingerprint density at radius 2 is 1.40 bits per heavy atom. The van der Waals surface area contributed by atoms with E-state index in [1.807, 2.05) is 82.5 Å². The van der Waals surface area contributed by atoms with Crippen LogP contribution in [0.2, 0.25) is 0 Å². The SMILES string of the molecule is CCN(CC)CCn1c(=N)n(CC(=O)c2cc(C(C)(C)C)c(O)c(C(C)(C)C)c2)c2ccccc21. The Balaban J connectivity index is 2.06. The number of carbonyl (C=O) groups excluding carboxylic acids is 1. The lowest BCUT2D eigenvalue weighted by Gasteiger charge is -2.28. The third-order valence-corrected chi connectivity index (χ3v) is 6.86. The van der Waals surface area contributed by atoms with Crippen molar-refractivity contribution in [2.75, 3.05) is 19.6 Å². The topological polar surface area (TPSA) is 74.2 Å². The van der Waals surface area contributed by atoms with Crippen molar-refractivity contribution >= 4 is 16.8 Å². The number of phenols is 1. The molecule has 2 N–H and O–H groups in total. The number of aromatic hydroxyl groups is 1. The summed E-state index contributed by atoms with van der Waals surface area (Å²) in [6.07, 6.45) is 0. The summed E-state index contributed by atoms with van der Waals surface area (Å²) in [5.41, 5.74) is 3.67. The molecule has 0 atom stereocenters. The third kappa shape index (κ3) is 5.53. The van der Waals surface area contributed by atoms with Gasteiger partial charge in [0.1, 0.15) is 5.75 Å². The van der Waals surface area contributed by atoms with E-state index in [4.69, 9.17) is 5.41 Å². The number of imidazole rings is 1. The molecule has 0 unspecified atom stereocenters. The lowest BCUT2D eigenvalue weighted by Crippen LogP contribution is -2.32. The van der Waals surface area contributed by atoms with E-state index in [0.717, 1.165) is 41.8 Å². The molecule has 0 bridgehead atoms. The molecule has 0 saturated carbocycles. The lowest BCUT2D eigenvalue weighted by atomic mass is 9.78.